The molecule has 0 aliphatic carbocycles. The molecule has 94 valence electrons. The van der Waals surface area contributed by atoms with E-state index in [4.69, 9.17) is 0 Å². The van der Waals surface area contributed by atoms with Crippen LogP contribution in [0.15, 0.2) is 59.5 Å². The highest BCUT2D eigenvalue weighted by molar-refractivity contribution is 7.99. The fourth-order valence-corrected chi connectivity index (χ4v) is 2.59. The first-order valence-electron chi connectivity index (χ1n) is 5.78. The summed E-state index contributed by atoms with van der Waals surface area (Å²) in [6.45, 7) is 1.82. The van der Waals surface area contributed by atoms with Crippen molar-refractivity contribution in [3.63, 3.8) is 0 Å². The predicted molar refractivity (Wildman–Crippen MR) is 74.8 cm³/mol. The smallest absolute Gasteiger partial charge is 0.115 e. The van der Waals surface area contributed by atoms with Crippen molar-refractivity contribution in [2.75, 3.05) is 5.75 Å². The first kappa shape index (κ1) is 13.0. The van der Waals surface area contributed by atoms with E-state index in [1.54, 1.807) is 23.9 Å². The molecule has 1 atom stereocenters. The lowest BCUT2D eigenvalue weighted by Crippen LogP contribution is -2.24. The fraction of sp³-hybridized carbons (Fsp3) is 0.200. The van der Waals surface area contributed by atoms with Crippen LogP contribution in [0.1, 0.15) is 12.5 Å². The van der Waals surface area contributed by atoms with Gasteiger partial charge in [-0.05, 0) is 36.8 Å². The number of hydrogen-bond acceptors (Lipinski definition) is 3. The average molecular weight is 260 g/mol. The van der Waals surface area contributed by atoms with Crippen LogP contribution in [0.3, 0.4) is 0 Å². The number of thioether (sulfide) groups is 1. The van der Waals surface area contributed by atoms with Gasteiger partial charge in [-0.25, -0.2) is 0 Å². The van der Waals surface area contributed by atoms with E-state index in [1.165, 1.54) is 0 Å². The van der Waals surface area contributed by atoms with Crippen LogP contribution in [-0.4, -0.2) is 16.0 Å². The molecule has 0 aliphatic rings. The van der Waals surface area contributed by atoms with E-state index in [2.05, 4.69) is 0 Å². The summed E-state index contributed by atoms with van der Waals surface area (Å²) in [5.74, 6) is 0.830. The molecule has 2 nitrogen and oxygen atoms in total. The van der Waals surface area contributed by atoms with Gasteiger partial charge in [0.15, 0.2) is 0 Å². The second kappa shape index (κ2) is 5.46. The van der Waals surface area contributed by atoms with Crippen molar-refractivity contribution in [3.8, 4) is 5.75 Å². The molecule has 2 rings (SSSR count). The minimum atomic E-state index is -0.857. The topological polar surface area (TPSA) is 40.5 Å². The first-order chi connectivity index (χ1) is 8.58. The summed E-state index contributed by atoms with van der Waals surface area (Å²) in [6.07, 6.45) is 0. The van der Waals surface area contributed by atoms with Gasteiger partial charge in [0.2, 0.25) is 0 Å². The van der Waals surface area contributed by atoms with Crippen LogP contribution >= 0.6 is 11.8 Å². The number of benzene rings is 2. The summed E-state index contributed by atoms with van der Waals surface area (Å²) in [5, 5.41) is 19.6. The largest absolute Gasteiger partial charge is 0.508 e. The third-order valence-corrected chi connectivity index (χ3v) is 4.06. The zero-order valence-corrected chi connectivity index (χ0v) is 11.0. The summed E-state index contributed by atoms with van der Waals surface area (Å²) in [7, 11) is 0. The van der Waals surface area contributed by atoms with E-state index in [9.17, 15) is 10.2 Å². The van der Waals surface area contributed by atoms with Crippen LogP contribution in [0.4, 0.5) is 0 Å². The molecule has 3 heteroatoms. The number of hydrogen-bond donors (Lipinski definition) is 2. The normalized spacial score (nSPS) is 14.1. The Morgan fingerprint density at radius 2 is 1.61 bits per heavy atom. The van der Waals surface area contributed by atoms with Gasteiger partial charge in [0.05, 0.1) is 5.60 Å². The molecule has 0 bridgehead atoms. The van der Waals surface area contributed by atoms with E-state index < -0.39 is 5.60 Å². The van der Waals surface area contributed by atoms with E-state index in [0.717, 1.165) is 10.5 Å². The maximum absolute atomic E-state index is 10.4. The zero-order valence-electron chi connectivity index (χ0n) is 10.2. The molecule has 18 heavy (non-hydrogen) atoms. The van der Waals surface area contributed by atoms with E-state index in [0.29, 0.717) is 5.75 Å². The lowest BCUT2D eigenvalue weighted by Gasteiger charge is -2.23. The molecular formula is C15H16O2S. The van der Waals surface area contributed by atoms with E-state index >= 15 is 0 Å². The minimum Gasteiger partial charge on any atom is -0.508 e. The zero-order chi connectivity index (χ0) is 13.0. The molecule has 0 saturated heterocycles. The Balaban J connectivity index is 2.03. The molecule has 0 aliphatic heterocycles. The Bertz CT molecular complexity index is 492. The molecule has 0 heterocycles. The van der Waals surface area contributed by atoms with Gasteiger partial charge >= 0.3 is 0 Å². The van der Waals surface area contributed by atoms with Gasteiger partial charge in [-0.1, -0.05) is 30.3 Å². The first-order valence-corrected chi connectivity index (χ1v) is 6.76. The summed E-state index contributed by atoms with van der Waals surface area (Å²) >= 11 is 1.57. The third kappa shape index (κ3) is 3.28. The van der Waals surface area contributed by atoms with Crippen LogP contribution in [0, 0.1) is 0 Å². The Kier molecular flexibility index (Phi) is 3.94. The number of phenolic OH excluding ortho intramolecular Hbond substituents is 1. The van der Waals surface area contributed by atoms with Crippen molar-refractivity contribution in [2.45, 2.75) is 17.4 Å². The standard InChI is InChI=1S/C15H16O2S/c1-15(17,12-5-3-2-4-6-12)11-18-14-9-7-13(16)8-10-14/h2-10,16-17H,11H2,1H3. The number of phenols is 1. The molecule has 1 unspecified atom stereocenters. The minimum absolute atomic E-state index is 0.258. The second-order valence-electron chi connectivity index (χ2n) is 4.42. The van der Waals surface area contributed by atoms with Crippen molar-refractivity contribution in [2.24, 2.45) is 0 Å². The van der Waals surface area contributed by atoms with E-state index in [1.807, 2.05) is 49.4 Å². The Morgan fingerprint density at radius 1 is 1.00 bits per heavy atom. The highest BCUT2D eigenvalue weighted by atomic mass is 32.2. The van der Waals surface area contributed by atoms with Crippen molar-refractivity contribution < 1.29 is 10.2 Å². The molecule has 0 spiro atoms. The van der Waals surface area contributed by atoms with Crippen molar-refractivity contribution in [1.29, 1.82) is 0 Å². The van der Waals surface area contributed by atoms with E-state index in [-0.39, 0.29) is 5.75 Å². The van der Waals surface area contributed by atoms with Gasteiger partial charge in [0.1, 0.15) is 5.75 Å². The Morgan fingerprint density at radius 3 is 2.22 bits per heavy atom. The molecule has 0 radical (unpaired) electrons. The van der Waals surface area contributed by atoms with Crippen LogP contribution in [0.25, 0.3) is 0 Å². The van der Waals surface area contributed by atoms with Gasteiger partial charge in [0.25, 0.3) is 0 Å². The molecule has 0 saturated carbocycles. The third-order valence-electron chi connectivity index (χ3n) is 2.75. The fourth-order valence-electron chi connectivity index (χ4n) is 1.65. The molecule has 0 fully saturated rings. The van der Waals surface area contributed by atoms with Crippen molar-refractivity contribution >= 4 is 11.8 Å². The quantitative estimate of drug-likeness (QED) is 0.828. The second-order valence-corrected chi connectivity index (χ2v) is 5.47. The molecule has 0 aromatic heterocycles. The maximum Gasteiger partial charge on any atom is 0.115 e. The number of rotatable bonds is 4. The summed E-state index contributed by atoms with van der Waals surface area (Å²) in [5.41, 5.74) is 0.0559. The highest BCUT2D eigenvalue weighted by Crippen LogP contribution is 2.29. The lowest BCUT2D eigenvalue weighted by atomic mass is 9.99. The molecule has 2 aromatic carbocycles. The summed E-state index contributed by atoms with van der Waals surface area (Å²) in [6, 6.07) is 16.6. The Labute approximate surface area is 111 Å². The highest BCUT2D eigenvalue weighted by Gasteiger charge is 2.22. The summed E-state index contributed by atoms with van der Waals surface area (Å²) in [4.78, 5) is 1.03. The van der Waals surface area contributed by atoms with Crippen LogP contribution in [0.2, 0.25) is 0 Å². The maximum atomic E-state index is 10.4. The Hall–Kier alpha value is -1.45. The molecule has 0 amide bonds. The number of aliphatic hydroxyl groups is 1. The van der Waals surface area contributed by atoms with Crippen LogP contribution in [0.5, 0.6) is 5.75 Å². The van der Waals surface area contributed by atoms with Crippen LogP contribution in [-0.2, 0) is 5.60 Å². The van der Waals surface area contributed by atoms with Gasteiger partial charge in [-0.2, -0.15) is 0 Å². The van der Waals surface area contributed by atoms with Crippen molar-refractivity contribution in [3.05, 3.63) is 60.2 Å². The van der Waals surface area contributed by atoms with Gasteiger partial charge in [-0.15, -0.1) is 11.8 Å². The molecule has 2 N–H and O–H groups in total. The SMILES string of the molecule is CC(O)(CSc1ccc(O)cc1)c1ccccc1. The van der Waals surface area contributed by atoms with Crippen LogP contribution < -0.4 is 0 Å². The number of aromatic hydroxyl groups is 1. The van der Waals surface area contributed by atoms with Gasteiger partial charge < -0.3 is 10.2 Å². The van der Waals surface area contributed by atoms with Gasteiger partial charge in [-0.3, -0.25) is 0 Å². The lowest BCUT2D eigenvalue weighted by molar-refractivity contribution is 0.0839. The predicted octanol–water partition coefficient (Wildman–Crippen LogP) is 3.39. The average Bonchev–Trinajstić information content (AvgIpc) is 2.39. The molecular weight excluding hydrogens is 244 g/mol. The monoisotopic (exact) mass is 260 g/mol. The summed E-state index contributed by atoms with van der Waals surface area (Å²) < 4.78 is 0. The van der Waals surface area contributed by atoms with Gasteiger partial charge in [0, 0.05) is 10.6 Å². The van der Waals surface area contributed by atoms with Crippen molar-refractivity contribution in [1.82, 2.24) is 0 Å². The molecule has 2 aromatic rings.